The average molecular weight is 314 g/mol. The van der Waals surface area contributed by atoms with Crippen molar-refractivity contribution >= 4 is 5.91 Å². The van der Waals surface area contributed by atoms with Crippen LogP contribution in [0.2, 0.25) is 0 Å². The molecule has 0 unspecified atom stereocenters. The maximum atomic E-state index is 12.7. The predicted molar refractivity (Wildman–Crippen MR) is 94.3 cm³/mol. The van der Waals surface area contributed by atoms with E-state index in [-0.39, 0.29) is 5.92 Å². The van der Waals surface area contributed by atoms with Gasteiger partial charge in [-0.2, -0.15) is 0 Å². The first kappa shape index (κ1) is 16.5. The summed E-state index contributed by atoms with van der Waals surface area (Å²) in [6, 6.07) is 8.95. The zero-order valence-corrected chi connectivity index (χ0v) is 14.5. The van der Waals surface area contributed by atoms with Crippen LogP contribution in [0.4, 0.5) is 0 Å². The molecule has 2 fully saturated rings. The number of rotatable bonds is 4. The first-order chi connectivity index (χ1) is 11.3. The summed E-state index contributed by atoms with van der Waals surface area (Å²) in [5.74, 6) is 0.632. The molecule has 1 atom stereocenters. The van der Waals surface area contributed by atoms with Crippen LogP contribution in [0.15, 0.2) is 24.3 Å². The Hall–Kier alpha value is -1.35. The number of aryl methyl sites for hydroxylation is 1. The lowest BCUT2D eigenvalue weighted by Crippen LogP contribution is -2.46. The topological polar surface area (TPSA) is 23.6 Å². The van der Waals surface area contributed by atoms with E-state index in [1.54, 1.807) is 0 Å². The van der Waals surface area contributed by atoms with Gasteiger partial charge in [0.25, 0.3) is 0 Å². The van der Waals surface area contributed by atoms with E-state index in [1.807, 2.05) is 0 Å². The lowest BCUT2D eigenvalue weighted by atomic mass is 9.95. The predicted octanol–water partition coefficient (Wildman–Crippen LogP) is 3.47. The van der Waals surface area contributed by atoms with E-state index >= 15 is 0 Å². The minimum absolute atomic E-state index is 0.219. The van der Waals surface area contributed by atoms with Gasteiger partial charge in [0.1, 0.15) is 0 Å². The fourth-order valence-corrected chi connectivity index (χ4v) is 3.91. The van der Waals surface area contributed by atoms with Crippen LogP contribution in [0, 0.1) is 5.92 Å². The van der Waals surface area contributed by atoms with Gasteiger partial charge in [-0.15, -0.1) is 0 Å². The second-order valence-electron chi connectivity index (χ2n) is 7.13. The first-order valence-corrected chi connectivity index (χ1v) is 9.35. The highest BCUT2D eigenvalue weighted by molar-refractivity contribution is 5.79. The van der Waals surface area contributed by atoms with E-state index in [1.165, 1.54) is 30.4 Å². The van der Waals surface area contributed by atoms with Crippen molar-refractivity contribution in [1.29, 1.82) is 0 Å². The summed E-state index contributed by atoms with van der Waals surface area (Å²) >= 11 is 0. The normalized spacial score (nSPS) is 23.0. The molecule has 2 saturated heterocycles. The Labute approximate surface area is 140 Å². The fraction of sp³-hybridized carbons (Fsp3) is 0.650. The van der Waals surface area contributed by atoms with Crippen molar-refractivity contribution in [3.05, 3.63) is 35.4 Å². The van der Waals surface area contributed by atoms with E-state index in [0.717, 1.165) is 52.0 Å². The summed E-state index contributed by atoms with van der Waals surface area (Å²) in [6.07, 6.45) is 6.97. The molecule has 0 radical (unpaired) electrons. The van der Waals surface area contributed by atoms with Gasteiger partial charge in [-0.1, -0.05) is 31.2 Å². The third kappa shape index (κ3) is 4.35. The van der Waals surface area contributed by atoms with E-state index in [9.17, 15) is 4.79 Å². The van der Waals surface area contributed by atoms with Crippen molar-refractivity contribution in [2.24, 2.45) is 5.92 Å². The SMILES string of the molecule is CCc1ccc(CN2CCC[C@H](C(=O)N3CCCCC3)C2)cc1. The van der Waals surface area contributed by atoms with Gasteiger partial charge >= 0.3 is 0 Å². The van der Waals surface area contributed by atoms with Gasteiger partial charge in [-0.05, 0) is 56.2 Å². The van der Waals surface area contributed by atoms with E-state index in [2.05, 4.69) is 41.0 Å². The van der Waals surface area contributed by atoms with Crippen molar-refractivity contribution in [3.8, 4) is 0 Å². The second-order valence-corrected chi connectivity index (χ2v) is 7.13. The molecule has 0 bridgehead atoms. The van der Waals surface area contributed by atoms with Gasteiger partial charge in [0.15, 0.2) is 0 Å². The van der Waals surface area contributed by atoms with Crippen molar-refractivity contribution in [1.82, 2.24) is 9.80 Å². The number of hydrogen-bond acceptors (Lipinski definition) is 2. The van der Waals surface area contributed by atoms with E-state index < -0.39 is 0 Å². The van der Waals surface area contributed by atoms with Crippen LogP contribution in [-0.4, -0.2) is 41.9 Å². The van der Waals surface area contributed by atoms with Gasteiger partial charge in [0.2, 0.25) is 5.91 Å². The highest BCUT2D eigenvalue weighted by Crippen LogP contribution is 2.22. The molecule has 1 amide bonds. The van der Waals surface area contributed by atoms with E-state index in [4.69, 9.17) is 0 Å². The number of piperidine rings is 2. The minimum atomic E-state index is 0.219. The molecular weight excluding hydrogens is 284 g/mol. The molecule has 3 nitrogen and oxygen atoms in total. The average Bonchev–Trinajstić information content (AvgIpc) is 2.63. The summed E-state index contributed by atoms with van der Waals surface area (Å²) < 4.78 is 0. The Morgan fingerprint density at radius 1 is 1.00 bits per heavy atom. The molecule has 2 aliphatic heterocycles. The molecule has 0 spiro atoms. The van der Waals surface area contributed by atoms with Crippen molar-refractivity contribution in [2.75, 3.05) is 26.2 Å². The number of hydrogen-bond donors (Lipinski definition) is 0. The summed E-state index contributed by atoms with van der Waals surface area (Å²) in [5.41, 5.74) is 2.76. The maximum Gasteiger partial charge on any atom is 0.226 e. The zero-order chi connectivity index (χ0) is 16.1. The van der Waals surface area contributed by atoms with Gasteiger partial charge < -0.3 is 4.90 Å². The third-order valence-electron chi connectivity index (χ3n) is 5.36. The number of carbonyl (C=O) groups excluding carboxylic acids is 1. The molecule has 0 aromatic heterocycles. The van der Waals surface area contributed by atoms with Crippen LogP contribution in [0.5, 0.6) is 0 Å². The van der Waals surface area contributed by atoms with Crippen LogP contribution >= 0.6 is 0 Å². The Morgan fingerprint density at radius 2 is 1.70 bits per heavy atom. The fourth-order valence-electron chi connectivity index (χ4n) is 3.91. The van der Waals surface area contributed by atoms with Gasteiger partial charge in [0, 0.05) is 26.2 Å². The summed E-state index contributed by atoms with van der Waals surface area (Å²) in [6.45, 7) is 7.19. The van der Waals surface area contributed by atoms with Crippen molar-refractivity contribution in [3.63, 3.8) is 0 Å². The highest BCUT2D eigenvalue weighted by atomic mass is 16.2. The number of benzene rings is 1. The molecular formula is C20H30N2O. The Bertz CT molecular complexity index is 505. The summed E-state index contributed by atoms with van der Waals surface area (Å²) in [4.78, 5) is 17.3. The molecule has 1 aromatic rings. The zero-order valence-electron chi connectivity index (χ0n) is 14.5. The summed E-state index contributed by atoms with van der Waals surface area (Å²) in [5, 5.41) is 0. The monoisotopic (exact) mass is 314 g/mol. The standard InChI is InChI=1S/C20H30N2O/c1-2-17-8-10-18(11-9-17)15-21-12-6-7-19(16-21)20(23)22-13-4-3-5-14-22/h8-11,19H,2-7,12-16H2,1H3/t19-/m0/s1. The number of amides is 1. The molecule has 2 aliphatic rings. The van der Waals surface area contributed by atoms with Crippen LogP contribution in [0.25, 0.3) is 0 Å². The van der Waals surface area contributed by atoms with Gasteiger partial charge in [-0.3, -0.25) is 9.69 Å². The van der Waals surface area contributed by atoms with Gasteiger partial charge in [0.05, 0.1) is 5.92 Å². The van der Waals surface area contributed by atoms with Crippen molar-refractivity contribution in [2.45, 2.75) is 52.0 Å². The molecule has 1 aromatic carbocycles. The maximum absolute atomic E-state index is 12.7. The number of carbonyl (C=O) groups is 1. The smallest absolute Gasteiger partial charge is 0.226 e. The van der Waals surface area contributed by atoms with Crippen LogP contribution < -0.4 is 0 Å². The van der Waals surface area contributed by atoms with Crippen LogP contribution in [0.3, 0.4) is 0 Å². The molecule has 0 saturated carbocycles. The van der Waals surface area contributed by atoms with Crippen LogP contribution in [-0.2, 0) is 17.8 Å². The molecule has 23 heavy (non-hydrogen) atoms. The largest absolute Gasteiger partial charge is 0.342 e. The lowest BCUT2D eigenvalue weighted by molar-refractivity contribution is -0.138. The van der Waals surface area contributed by atoms with Crippen molar-refractivity contribution < 1.29 is 4.79 Å². The first-order valence-electron chi connectivity index (χ1n) is 9.35. The molecule has 3 rings (SSSR count). The molecule has 0 N–H and O–H groups in total. The molecule has 3 heteroatoms. The molecule has 0 aliphatic carbocycles. The molecule has 2 heterocycles. The molecule has 126 valence electrons. The minimum Gasteiger partial charge on any atom is -0.342 e. The second kappa shape index (κ2) is 7.96. The quantitative estimate of drug-likeness (QED) is 0.849. The summed E-state index contributed by atoms with van der Waals surface area (Å²) in [7, 11) is 0. The third-order valence-corrected chi connectivity index (χ3v) is 5.36. The Morgan fingerprint density at radius 3 is 2.39 bits per heavy atom. The van der Waals surface area contributed by atoms with Crippen LogP contribution in [0.1, 0.15) is 50.2 Å². The van der Waals surface area contributed by atoms with Gasteiger partial charge in [-0.25, -0.2) is 0 Å². The lowest BCUT2D eigenvalue weighted by Gasteiger charge is -2.36. The van der Waals surface area contributed by atoms with E-state index in [0.29, 0.717) is 5.91 Å². The Kier molecular flexibility index (Phi) is 5.71. The Balaban J connectivity index is 1.55. The number of nitrogens with zero attached hydrogens (tertiary/aromatic N) is 2. The number of likely N-dealkylation sites (tertiary alicyclic amines) is 2. The highest BCUT2D eigenvalue weighted by Gasteiger charge is 2.29.